The topological polar surface area (TPSA) is 70.0 Å². The summed E-state index contributed by atoms with van der Waals surface area (Å²) in [5, 5.41) is 22.1. The molecule has 1 aromatic rings. The Labute approximate surface area is 152 Å². The lowest BCUT2D eigenvalue weighted by Crippen LogP contribution is -2.76. The number of phenolic OH excluding ortho intramolecular Hbond substituents is 1. The Morgan fingerprint density at radius 2 is 2.20 bits per heavy atom. The van der Waals surface area contributed by atoms with Crippen LogP contribution in [0.5, 0.6) is 11.5 Å². The maximum Gasteiger partial charge on any atom is 0.174 e. The average molecular weight is 364 g/mol. The van der Waals surface area contributed by atoms with Crippen LogP contribution in [0.2, 0.25) is 0 Å². The van der Waals surface area contributed by atoms with Crippen molar-refractivity contribution < 1.29 is 19.7 Å². The summed E-state index contributed by atoms with van der Waals surface area (Å²) in [5.74, 6) is 0.528. The molecule has 25 heavy (non-hydrogen) atoms. The number of aromatic hydroxyl groups is 1. The lowest BCUT2D eigenvalue weighted by molar-refractivity contribution is -0.187. The predicted octanol–water partition coefficient (Wildman–Crippen LogP) is 1.72. The molecule has 2 N–H and O–H groups in total. The van der Waals surface area contributed by atoms with Crippen molar-refractivity contribution in [2.75, 3.05) is 13.1 Å². The van der Waals surface area contributed by atoms with Gasteiger partial charge in [0.15, 0.2) is 23.4 Å². The van der Waals surface area contributed by atoms with Crippen LogP contribution < -0.4 is 4.74 Å². The predicted molar refractivity (Wildman–Crippen MR) is 94.5 cm³/mol. The van der Waals surface area contributed by atoms with Gasteiger partial charge in [0.1, 0.15) is 0 Å². The molecule has 1 saturated heterocycles. The van der Waals surface area contributed by atoms with Crippen LogP contribution in [0, 0.1) is 0 Å². The molecule has 1 aromatic carbocycles. The molecule has 5 rings (SSSR count). The molecule has 1 spiro atoms. The van der Waals surface area contributed by atoms with Gasteiger partial charge >= 0.3 is 0 Å². The van der Waals surface area contributed by atoms with Gasteiger partial charge in [-0.05, 0) is 30.9 Å². The molecule has 2 bridgehead atoms. The number of Topliss-reactive ketones (excluding diaryl/α,β-unsaturated/α-hetero) is 1. The number of piperidine rings is 1. The lowest BCUT2D eigenvalue weighted by Gasteiger charge is -2.62. The van der Waals surface area contributed by atoms with Gasteiger partial charge in [-0.3, -0.25) is 9.69 Å². The normalized spacial score (nSPS) is 37.7. The first-order chi connectivity index (χ1) is 11.5. The zero-order chi connectivity index (χ0) is 16.7. The first-order valence-corrected chi connectivity index (χ1v) is 8.65. The number of carbonyl (C=O) groups is 1. The van der Waals surface area contributed by atoms with Crippen molar-refractivity contribution >= 4 is 18.2 Å². The molecule has 4 aliphatic rings. The summed E-state index contributed by atoms with van der Waals surface area (Å²) >= 11 is 0. The second-order valence-corrected chi connectivity index (χ2v) is 7.56. The van der Waals surface area contributed by atoms with E-state index < -0.39 is 17.1 Å². The molecule has 0 aromatic heterocycles. The summed E-state index contributed by atoms with van der Waals surface area (Å²) < 4.78 is 5.98. The van der Waals surface area contributed by atoms with Crippen LogP contribution in [0.4, 0.5) is 0 Å². The van der Waals surface area contributed by atoms with Crippen LogP contribution in [-0.2, 0) is 16.6 Å². The highest BCUT2D eigenvalue weighted by molar-refractivity contribution is 5.90. The number of carbonyl (C=O) groups excluding carboxylic acids is 1. The van der Waals surface area contributed by atoms with E-state index in [0.29, 0.717) is 31.4 Å². The number of hydrogen-bond donors (Lipinski definition) is 2. The monoisotopic (exact) mass is 363 g/mol. The lowest BCUT2D eigenvalue weighted by atomic mass is 9.49. The molecule has 1 saturated carbocycles. The molecule has 2 fully saturated rings. The van der Waals surface area contributed by atoms with Crippen LogP contribution in [0.15, 0.2) is 24.8 Å². The molecule has 0 radical (unpaired) electrons. The van der Waals surface area contributed by atoms with Gasteiger partial charge in [0.05, 0.1) is 11.0 Å². The SMILES string of the molecule is C=CCN1CCC23c4c5ccc(O)c4O[C@H]2C(=O)CC[C@@]3(O)C1C5.Cl. The third kappa shape index (κ3) is 1.74. The molecule has 0 amide bonds. The quantitative estimate of drug-likeness (QED) is 0.783. The Morgan fingerprint density at radius 1 is 1.40 bits per heavy atom. The van der Waals surface area contributed by atoms with Gasteiger partial charge < -0.3 is 14.9 Å². The third-order valence-corrected chi connectivity index (χ3v) is 6.73. The smallest absolute Gasteiger partial charge is 0.174 e. The van der Waals surface area contributed by atoms with Gasteiger partial charge in [0, 0.05) is 31.1 Å². The minimum absolute atomic E-state index is 0. The van der Waals surface area contributed by atoms with E-state index >= 15 is 0 Å². The summed E-state index contributed by atoms with van der Waals surface area (Å²) in [6.07, 6.45) is 3.35. The largest absolute Gasteiger partial charge is 0.504 e. The number of nitrogens with zero attached hydrogens (tertiary/aromatic N) is 1. The van der Waals surface area contributed by atoms with E-state index in [1.54, 1.807) is 6.07 Å². The molecule has 134 valence electrons. The van der Waals surface area contributed by atoms with Crippen LogP contribution >= 0.6 is 12.4 Å². The second-order valence-electron chi connectivity index (χ2n) is 7.56. The first kappa shape index (κ1) is 16.9. The molecule has 2 aliphatic carbocycles. The number of likely N-dealkylation sites (tertiary alicyclic amines) is 1. The fourth-order valence-electron chi connectivity index (χ4n) is 5.80. The summed E-state index contributed by atoms with van der Waals surface area (Å²) in [6, 6.07) is 3.52. The minimum atomic E-state index is -1.00. The highest BCUT2D eigenvalue weighted by Gasteiger charge is 2.72. The molecule has 2 heterocycles. The van der Waals surface area contributed by atoms with Gasteiger partial charge in [-0.1, -0.05) is 12.1 Å². The number of phenols is 1. The van der Waals surface area contributed by atoms with Gasteiger partial charge in [-0.25, -0.2) is 0 Å². The number of aliphatic hydroxyl groups is 1. The van der Waals surface area contributed by atoms with Crippen LogP contribution in [0.1, 0.15) is 30.4 Å². The number of hydrogen-bond acceptors (Lipinski definition) is 5. The highest BCUT2D eigenvalue weighted by atomic mass is 35.5. The number of rotatable bonds is 2. The zero-order valence-corrected chi connectivity index (χ0v) is 14.7. The fourth-order valence-corrected chi connectivity index (χ4v) is 5.80. The number of benzene rings is 1. The molecule has 4 atom stereocenters. The number of ketones is 1. The first-order valence-electron chi connectivity index (χ1n) is 8.65. The number of ether oxygens (including phenoxy) is 1. The fraction of sp³-hybridized carbons (Fsp3) is 0.526. The van der Waals surface area contributed by atoms with Gasteiger partial charge in [-0.15, -0.1) is 19.0 Å². The summed E-state index contributed by atoms with van der Waals surface area (Å²) in [7, 11) is 0. The van der Waals surface area contributed by atoms with Crippen LogP contribution in [0.25, 0.3) is 0 Å². The van der Waals surface area contributed by atoms with Crippen molar-refractivity contribution in [1.82, 2.24) is 4.90 Å². The number of halogens is 1. The van der Waals surface area contributed by atoms with Gasteiger partial charge in [-0.2, -0.15) is 0 Å². The van der Waals surface area contributed by atoms with Crippen molar-refractivity contribution in [3.8, 4) is 11.5 Å². The third-order valence-electron chi connectivity index (χ3n) is 6.73. The standard InChI is InChI=1S/C19H21NO4.ClH/c1-2-8-20-9-7-18-15-11-3-4-12(21)16(15)24-17(18)13(22)5-6-19(18,23)14(20)10-11;/h2-4,14,17,21,23H,1,5-10H2;1H/t14?,17-,18?,19+;/m0./s1. The molecule has 2 unspecified atom stereocenters. The minimum Gasteiger partial charge on any atom is -0.504 e. The van der Waals surface area contributed by atoms with Gasteiger partial charge in [0.25, 0.3) is 0 Å². The van der Waals surface area contributed by atoms with Crippen molar-refractivity contribution in [3.05, 3.63) is 35.9 Å². The molecule has 6 heteroatoms. The molecule has 2 aliphatic heterocycles. The van der Waals surface area contributed by atoms with Crippen LogP contribution in [-0.4, -0.2) is 51.7 Å². The average Bonchev–Trinajstić information content (AvgIpc) is 2.91. The van der Waals surface area contributed by atoms with Gasteiger partial charge in [0.2, 0.25) is 0 Å². The van der Waals surface area contributed by atoms with E-state index in [4.69, 9.17) is 4.74 Å². The summed E-state index contributed by atoms with van der Waals surface area (Å²) in [6.45, 7) is 5.36. The van der Waals surface area contributed by atoms with Crippen molar-refractivity contribution in [1.29, 1.82) is 0 Å². The Hall–Kier alpha value is -1.56. The van der Waals surface area contributed by atoms with E-state index in [1.807, 2.05) is 12.1 Å². The zero-order valence-electron chi connectivity index (χ0n) is 13.9. The summed E-state index contributed by atoms with van der Waals surface area (Å²) in [5.41, 5.74) is 0.256. The van der Waals surface area contributed by atoms with Crippen molar-refractivity contribution in [2.24, 2.45) is 0 Å². The van der Waals surface area contributed by atoms with Crippen LogP contribution in [0.3, 0.4) is 0 Å². The van der Waals surface area contributed by atoms with Crippen molar-refractivity contribution in [3.63, 3.8) is 0 Å². The maximum atomic E-state index is 12.6. The van der Waals surface area contributed by atoms with E-state index in [0.717, 1.165) is 24.2 Å². The maximum absolute atomic E-state index is 12.6. The second kappa shape index (κ2) is 5.22. The molecule has 5 nitrogen and oxygen atoms in total. The summed E-state index contributed by atoms with van der Waals surface area (Å²) in [4.78, 5) is 14.9. The highest BCUT2D eigenvalue weighted by Crippen LogP contribution is 2.64. The van der Waals surface area contributed by atoms with E-state index in [9.17, 15) is 15.0 Å². The molecular weight excluding hydrogens is 342 g/mol. The Morgan fingerprint density at radius 3 is 2.96 bits per heavy atom. The van der Waals surface area contributed by atoms with E-state index in [1.165, 1.54) is 0 Å². The Balaban J connectivity index is 0.00000157. The van der Waals surface area contributed by atoms with Crippen molar-refractivity contribution in [2.45, 2.75) is 48.8 Å². The Bertz CT molecular complexity index is 781. The Kier molecular flexibility index (Phi) is 3.53. The molecular formula is C19H22ClNO4. The van der Waals surface area contributed by atoms with E-state index in [2.05, 4.69) is 11.5 Å². The van der Waals surface area contributed by atoms with E-state index in [-0.39, 0.29) is 30.0 Å².